The molecule has 0 aliphatic rings. The van der Waals surface area contributed by atoms with Gasteiger partial charge in [-0.25, -0.2) is 14.4 Å². The number of ether oxygens (including phenoxy) is 2. The van der Waals surface area contributed by atoms with Gasteiger partial charge in [-0.05, 0) is 60.0 Å². The number of ketones is 1. The highest BCUT2D eigenvalue weighted by Crippen LogP contribution is 2.30. The Morgan fingerprint density at radius 2 is 1.38 bits per heavy atom. The first-order valence-corrected chi connectivity index (χ1v) is 8.41. The average Bonchev–Trinajstić information content (AvgIpc) is 2.78. The van der Waals surface area contributed by atoms with E-state index in [2.05, 4.69) is 4.37 Å². The van der Waals surface area contributed by atoms with Crippen molar-refractivity contribution >= 4 is 41.3 Å². The molecule has 0 spiro atoms. The van der Waals surface area contributed by atoms with Crippen molar-refractivity contribution in [1.29, 1.82) is 0 Å². The Hall–Kier alpha value is -2.49. The third kappa shape index (κ3) is 5.51. The van der Waals surface area contributed by atoms with Crippen LogP contribution < -0.4 is 4.90 Å². The van der Waals surface area contributed by atoms with Crippen molar-refractivity contribution in [2.24, 2.45) is 0 Å². The number of carboxylic acids is 1. The van der Waals surface area contributed by atoms with Gasteiger partial charge < -0.3 is 14.6 Å². The number of aromatic carboxylic acids is 1. The Bertz CT molecular complexity index is 713. The molecule has 1 aromatic rings. The van der Waals surface area contributed by atoms with Crippen molar-refractivity contribution in [2.45, 2.75) is 59.7 Å². The molecular formula is C16H22N2O7S. The average molecular weight is 386 g/mol. The number of rotatable bonds is 3. The van der Waals surface area contributed by atoms with Gasteiger partial charge in [-0.3, -0.25) is 4.79 Å². The number of Topliss-reactive ketones (excluding diaryl/α,β-unsaturated/α-hetero) is 1. The van der Waals surface area contributed by atoms with Crippen molar-refractivity contribution in [3.8, 4) is 0 Å². The number of nitrogens with zero attached hydrogens (tertiary/aromatic N) is 2. The van der Waals surface area contributed by atoms with Crippen LogP contribution in [-0.2, 0) is 9.47 Å². The zero-order chi connectivity index (χ0) is 20.4. The first-order valence-electron chi connectivity index (χ1n) is 7.64. The molecule has 0 fully saturated rings. The van der Waals surface area contributed by atoms with E-state index in [1.54, 1.807) is 41.5 Å². The molecule has 0 aliphatic carbocycles. The molecule has 1 N–H and O–H groups in total. The summed E-state index contributed by atoms with van der Waals surface area (Å²) in [6.07, 6.45) is -2.26. The maximum Gasteiger partial charge on any atom is 0.425 e. The van der Waals surface area contributed by atoms with Crippen LogP contribution in [0.4, 0.5) is 15.4 Å². The standard InChI is InChI=1S/C16H22N2O7S/c1-8(19)9-10(12(20)21)26-17-11(9)18(13(22)24-15(2,3)4)14(23)25-16(5,6)7/h1-7H3,(H,20,21). The summed E-state index contributed by atoms with van der Waals surface area (Å²) in [4.78, 5) is 48.4. The maximum absolute atomic E-state index is 12.5. The molecule has 0 aliphatic heterocycles. The Morgan fingerprint density at radius 1 is 0.962 bits per heavy atom. The quantitative estimate of drug-likeness (QED) is 0.780. The zero-order valence-electron chi connectivity index (χ0n) is 15.7. The van der Waals surface area contributed by atoms with Gasteiger partial charge in [-0.1, -0.05) is 0 Å². The van der Waals surface area contributed by atoms with Crippen LogP contribution in [0.3, 0.4) is 0 Å². The minimum atomic E-state index is -1.40. The van der Waals surface area contributed by atoms with E-state index in [0.29, 0.717) is 16.4 Å². The Morgan fingerprint density at radius 3 is 1.69 bits per heavy atom. The summed E-state index contributed by atoms with van der Waals surface area (Å²) in [7, 11) is 0. The van der Waals surface area contributed by atoms with Gasteiger partial charge in [-0.15, -0.1) is 0 Å². The van der Waals surface area contributed by atoms with E-state index >= 15 is 0 Å². The fourth-order valence-corrected chi connectivity index (χ4v) is 2.52. The SMILES string of the molecule is CC(=O)c1c(N(C(=O)OC(C)(C)C)C(=O)OC(C)(C)C)nsc1C(=O)O. The van der Waals surface area contributed by atoms with E-state index in [-0.39, 0.29) is 10.4 Å². The van der Waals surface area contributed by atoms with E-state index in [1.165, 1.54) is 0 Å². The number of anilines is 1. The summed E-state index contributed by atoms with van der Waals surface area (Å²) in [5.41, 5.74) is -2.25. The van der Waals surface area contributed by atoms with Gasteiger partial charge in [0.05, 0.1) is 5.56 Å². The number of aromatic nitrogens is 1. The van der Waals surface area contributed by atoms with Crippen LogP contribution in [0.1, 0.15) is 68.5 Å². The third-order valence-corrected chi connectivity index (χ3v) is 3.41. The van der Waals surface area contributed by atoms with Gasteiger partial charge in [0.25, 0.3) is 0 Å². The number of imide groups is 1. The molecule has 0 bridgehead atoms. The lowest BCUT2D eigenvalue weighted by Gasteiger charge is -2.27. The van der Waals surface area contributed by atoms with Gasteiger partial charge in [-0.2, -0.15) is 9.27 Å². The lowest BCUT2D eigenvalue weighted by Crippen LogP contribution is -2.44. The molecule has 10 heteroatoms. The summed E-state index contributed by atoms with van der Waals surface area (Å²) in [5.74, 6) is -2.49. The fourth-order valence-electron chi connectivity index (χ4n) is 1.76. The van der Waals surface area contributed by atoms with E-state index in [0.717, 1.165) is 6.92 Å². The molecule has 0 saturated heterocycles. The first kappa shape index (κ1) is 21.6. The number of carbonyl (C=O) groups excluding carboxylic acids is 3. The molecule has 1 aromatic heterocycles. The molecular weight excluding hydrogens is 364 g/mol. The van der Waals surface area contributed by atoms with Crippen molar-refractivity contribution in [3.05, 3.63) is 10.4 Å². The number of amides is 2. The van der Waals surface area contributed by atoms with Gasteiger partial charge in [0.2, 0.25) is 0 Å². The highest BCUT2D eigenvalue weighted by molar-refractivity contribution is 7.08. The molecule has 0 atom stereocenters. The second kappa shape index (κ2) is 7.40. The van der Waals surface area contributed by atoms with Crippen LogP contribution in [0.25, 0.3) is 0 Å². The zero-order valence-corrected chi connectivity index (χ0v) is 16.5. The van der Waals surface area contributed by atoms with Gasteiger partial charge in [0, 0.05) is 0 Å². The Labute approximate surface area is 155 Å². The molecule has 0 aromatic carbocycles. The monoisotopic (exact) mass is 386 g/mol. The van der Waals surface area contributed by atoms with Gasteiger partial charge in [0.15, 0.2) is 11.6 Å². The predicted molar refractivity (Wildman–Crippen MR) is 94.0 cm³/mol. The smallest absolute Gasteiger partial charge is 0.425 e. The lowest BCUT2D eigenvalue weighted by molar-refractivity contribution is 0.0428. The van der Waals surface area contributed by atoms with Crippen molar-refractivity contribution < 1.29 is 33.8 Å². The van der Waals surface area contributed by atoms with Crippen molar-refractivity contribution in [3.63, 3.8) is 0 Å². The molecule has 1 rings (SSSR count). The molecule has 26 heavy (non-hydrogen) atoms. The fraction of sp³-hybridized carbons (Fsp3) is 0.562. The van der Waals surface area contributed by atoms with Crippen LogP contribution >= 0.6 is 11.5 Å². The molecule has 1 heterocycles. The lowest BCUT2D eigenvalue weighted by atomic mass is 10.1. The summed E-state index contributed by atoms with van der Waals surface area (Å²) >= 11 is 0.484. The molecule has 0 unspecified atom stereocenters. The molecule has 0 saturated carbocycles. The maximum atomic E-state index is 12.5. The van der Waals surface area contributed by atoms with Crippen molar-refractivity contribution in [1.82, 2.24) is 4.37 Å². The van der Waals surface area contributed by atoms with Crippen LogP contribution in [-0.4, -0.2) is 44.6 Å². The molecule has 9 nitrogen and oxygen atoms in total. The van der Waals surface area contributed by atoms with Crippen LogP contribution in [0.15, 0.2) is 0 Å². The highest BCUT2D eigenvalue weighted by Gasteiger charge is 2.38. The van der Waals surface area contributed by atoms with E-state index in [1.807, 2.05) is 0 Å². The number of carboxylic acid groups (broad SMARTS) is 1. The van der Waals surface area contributed by atoms with Gasteiger partial charge >= 0.3 is 18.2 Å². The summed E-state index contributed by atoms with van der Waals surface area (Å²) in [6, 6.07) is 0. The van der Waals surface area contributed by atoms with Crippen LogP contribution in [0, 0.1) is 0 Å². The Kier molecular flexibility index (Phi) is 6.14. The minimum Gasteiger partial charge on any atom is -0.477 e. The van der Waals surface area contributed by atoms with Crippen molar-refractivity contribution in [2.75, 3.05) is 4.90 Å². The van der Waals surface area contributed by atoms with E-state index in [4.69, 9.17) is 9.47 Å². The predicted octanol–water partition coefficient (Wildman–Crippen LogP) is 3.72. The summed E-state index contributed by atoms with van der Waals surface area (Å²) < 4.78 is 14.2. The first-order chi connectivity index (χ1) is 11.6. The third-order valence-electron chi connectivity index (χ3n) is 2.58. The van der Waals surface area contributed by atoms with Gasteiger partial charge in [0.1, 0.15) is 16.1 Å². The Balaban J connectivity index is 3.51. The van der Waals surface area contributed by atoms with E-state index in [9.17, 15) is 24.3 Å². The summed E-state index contributed by atoms with van der Waals surface area (Å²) in [5, 5.41) is 9.23. The minimum absolute atomic E-state index is 0.362. The van der Waals surface area contributed by atoms with Crippen LogP contribution in [0.5, 0.6) is 0 Å². The molecule has 2 amide bonds. The number of carbonyl (C=O) groups is 4. The molecule has 144 valence electrons. The van der Waals surface area contributed by atoms with Crippen LogP contribution in [0.2, 0.25) is 0 Å². The highest BCUT2D eigenvalue weighted by atomic mass is 32.1. The topological polar surface area (TPSA) is 123 Å². The normalized spacial score (nSPS) is 11.7. The largest absolute Gasteiger partial charge is 0.477 e. The molecule has 0 radical (unpaired) electrons. The second-order valence-corrected chi connectivity index (χ2v) is 8.14. The summed E-state index contributed by atoms with van der Waals surface area (Å²) in [6.45, 7) is 10.7. The number of hydrogen-bond acceptors (Lipinski definition) is 8. The van der Waals surface area contributed by atoms with E-state index < -0.39 is 41.0 Å². The second-order valence-electron chi connectivity index (χ2n) is 7.37. The number of hydrogen-bond donors (Lipinski definition) is 1.